The average Bonchev–Trinajstić information content (AvgIpc) is 2.42. The molecule has 1 aromatic rings. The molecule has 112 valence electrons. The van der Waals surface area contributed by atoms with Gasteiger partial charge in [0.2, 0.25) is 0 Å². The molecule has 1 N–H and O–H groups in total. The van der Waals surface area contributed by atoms with Gasteiger partial charge < -0.3 is 5.32 Å². The molecule has 1 aliphatic rings. The van der Waals surface area contributed by atoms with Crippen LogP contribution in [0.2, 0.25) is 5.02 Å². The molecule has 0 amide bonds. The minimum atomic E-state index is -0.185. The summed E-state index contributed by atoms with van der Waals surface area (Å²) in [6.45, 7) is 4.67. The molecule has 4 atom stereocenters. The van der Waals surface area contributed by atoms with Gasteiger partial charge in [-0.15, -0.1) is 0 Å². The van der Waals surface area contributed by atoms with Crippen LogP contribution in [-0.4, -0.2) is 13.1 Å². The summed E-state index contributed by atoms with van der Waals surface area (Å²) in [5, 5.41) is 3.93. The predicted octanol–water partition coefficient (Wildman–Crippen LogP) is 4.68. The van der Waals surface area contributed by atoms with E-state index >= 15 is 0 Å². The Morgan fingerprint density at radius 1 is 1.30 bits per heavy atom. The topological polar surface area (TPSA) is 12.0 Å². The first kappa shape index (κ1) is 15.8. The van der Waals surface area contributed by atoms with Crippen molar-refractivity contribution < 1.29 is 4.39 Å². The highest BCUT2D eigenvalue weighted by atomic mass is 35.5. The van der Waals surface area contributed by atoms with E-state index in [1.54, 1.807) is 12.1 Å². The van der Waals surface area contributed by atoms with Crippen molar-refractivity contribution >= 4 is 11.6 Å². The fourth-order valence-corrected chi connectivity index (χ4v) is 3.65. The smallest absolute Gasteiger partial charge is 0.127 e. The Hall–Kier alpha value is -0.600. The molecule has 0 aromatic heterocycles. The van der Waals surface area contributed by atoms with Gasteiger partial charge in [0.25, 0.3) is 0 Å². The maximum atomic E-state index is 13.9. The Bertz CT molecular complexity index is 428. The van der Waals surface area contributed by atoms with Crippen LogP contribution in [0.5, 0.6) is 0 Å². The number of hydrogen-bond acceptors (Lipinski definition) is 1. The van der Waals surface area contributed by atoms with Crippen LogP contribution in [0.15, 0.2) is 18.2 Å². The van der Waals surface area contributed by atoms with Crippen molar-refractivity contribution in [3.63, 3.8) is 0 Å². The van der Waals surface area contributed by atoms with Gasteiger partial charge in [-0.1, -0.05) is 37.9 Å². The van der Waals surface area contributed by atoms with Gasteiger partial charge in [-0.3, -0.25) is 0 Å². The molecule has 20 heavy (non-hydrogen) atoms. The molecule has 1 saturated carbocycles. The molecule has 2 rings (SSSR count). The van der Waals surface area contributed by atoms with Crippen LogP contribution < -0.4 is 5.32 Å². The van der Waals surface area contributed by atoms with E-state index in [1.165, 1.54) is 25.3 Å². The SMILES string of the molecule is CNC(Cc1c(F)cccc1Cl)C1CCC(C)C(C)C1. The first-order valence-corrected chi connectivity index (χ1v) is 8.00. The Morgan fingerprint density at radius 2 is 2.05 bits per heavy atom. The molecule has 0 heterocycles. The van der Waals surface area contributed by atoms with Gasteiger partial charge in [0.1, 0.15) is 5.82 Å². The molecule has 3 heteroatoms. The van der Waals surface area contributed by atoms with E-state index < -0.39 is 0 Å². The van der Waals surface area contributed by atoms with Crippen LogP contribution in [0.3, 0.4) is 0 Å². The lowest BCUT2D eigenvalue weighted by atomic mass is 9.72. The molecule has 0 radical (unpaired) electrons. The maximum absolute atomic E-state index is 13.9. The molecule has 1 aromatic carbocycles. The molecule has 0 aliphatic heterocycles. The van der Waals surface area contributed by atoms with E-state index in [0.29, 0.717) is 29.0 Å². The van der Waals surface area contributed by atoms with Crippen LogP contribution in [0.1, 0.15) is 38.7 Å². The molecule has 0 spiro atoms. The van der Waals surface area contributed by atoms with Crippen molar-refractivity contribution in [2.75, 3.05) is 7.05 Å². The zero-order chi connectivity index (χ0) is 14.7. The highest BCUT2D eigenvalue weighted by Crippen LogP contribution is 2.36. The average molecular weight is 298 g/mol. The van der Waals surface area contributed by atoms with Crippen LogP contribution in [0.4, 0.5) is 4.39 Å². The lowest BCUT2D eigenvalue weighted by Gasteiger charge is -2.37. The summed E-state index contributed by atoms with van der Waals surface area (Å²) in [7, 11) is 1.97. The number of nitrogens with one attached hydrogen (secondary N) is 1. The van der Waals surface area contributed by atoms with Gasteiger partial charge in [-0.25, -0.2) is 4.39 Å². The van der Waals surface area contributed by atoms with E-state index in [1.807, 2.05) is 7.05 Å². The predicted molar refractivity (Wildman–Crippen MR) is 83.6 cm³/mol. The van der Waals surface area contributed by atoms with Crippen molar-refractivity contribution in [1.82, 2.24) is 5.32 Å². The second-order valence-electron chi connectivity index (χ2n) is 6.33. The second kappa shape index (κ2) is 6.91. The largest absolute Gasteiger partial charge is 0.316 e. The van der Waals surface area contributed by atoms with E-state index in [4.69, 9.17) is 11.6 Å². The van der Waals surface area contributed by atoms with Crippen LogP contribution >= 0.6 is 11.6 Å². The molecular formula is C17H25ClFN. The summed E-state index contributed by atoms with van der Waals surface area (Å²) in [5.41, 5.74) is 0.653. The standard InChI is InChI=1S/C17H25ClFN/c1-11-7-8-13(9-12(11)2)17(20-3)10-14-15(18)5-4-6-16(14)19/h4-6,11-13,17,20H,7-10H2,1-3H3. The Kier molecular flexibility index (Phi) is 5.45. The zero-order valence-corrected chi connectivity index (χ0v) is 13.4. The lowest BCUT2D eigenvalue weighted by Crippen LogP contribution is -2.39. The van der Waals surface area contributed by atoms with Crippen molar-refractivity contribution in [1.29, 1.82) is 0 Å². The highest BCUT2D eigenvalue weighted by Gasteiger charge is 2.30. The van der Waals surface area contributed by atoms with Gasteiger partial charge in [0.15, 0.2) is 0 Å². The summed E-state index contributed by atoms with van der Waals surface area (Å²) in [6.07, 6.45) is 4.39. The van der Waals surface area contributed by atoms with E-state index in [0.717, 1.165) is 11.8 Å². The third-order valence-electron chi connectivity index (χ3n) is 5.06. The van der Waals surface area contributed by atoms with E-state index in [2.05, 4.69) is 19.2 Å². The summed E-state index contributed by atoms with van der Waals surface area (Å²) < 4.78 is 13.9. The summed E-state index contributed by atoms with van der Waals surface area (Å²) in [4.78, 5) is 0. The monoisotopic (exact) mass is 297 g/mol. The maximum Gasteiger partial charge on any atom is 0.127 e. The molecule has 0 saturated heterocycles. The summed E-state index contributed by atoms with van der Waals surface area (Å²) >= 11 is 6.15. The molecule has 1 fully saturated rings. The fourth-order valence-electron chi connectivity index (χ4n) is 3.41. The quantitative estimate of drug-likeness (QED) is 0.851. The van der Waals surface area contributed by atoms with Gasteiger partial charge in [0, 0.05) is 16.6 Å². The third kappa shape index (κ3) is 3.53. The van der Waals surface area contributed by atoms with Gasteiger partial charge >= 0.3 is 0 Å². The van der Waals surface area contributed by atoms with Crippen molar-refractivity contribution in [2.24, 2.45) is 17.8 Å². The first-order chi connectivity index (χ1) is 9.52. The zero-order valence-electron chi connectivity index (χ0n) is 12.6. The minimum absolute atomic E-state index is 0.185. The molecule has 1 aliphatic carbocycles. The number of halogens is 2. The van der Waals surface area contributed by atoms with Crippen LogP contribution in [0.25, 0.3) is 0 Å². The number of rotatable bonds is 4. The van der Waals surface area contributed by atoms with Crippen molar-refractivity contribution in [3.05, 3.63) is 34.6 Å². The van der Waals surface area contributed by atoms with Gasteiger partial charge in [-0.2, -0.15) is 0 Å². The Labute approximate surface area is 126 Å². The summed E-state index contributed by atoms with van der Waals surface area (Å²) in [5.74, 6) is 1.98. The number of benzene rings is 1. The second-order valence-corrected chi connectivity index (χ2v) is 6.73. The van der Waals surface area contributed by atoms with Crippen molar-refractivity contribution in [3.8, 4) is 0 Å². The van der Waals surface area contributed by atoms with Gasteiger partial charge in [-0.05, 0) is 56.2 Å². The van der Waals surface area contributed by atoms with E-state index in [-0.39, 0.29) is 5.82 Å². The van der Waals surface area contributed by atoms with Crippen LogP contribution in [0, 0.1) is 23.6 Å². The fraction of sp³-hybridized carbons (Fsp3) is 0.647. The Morgan fingerprint density at radius 3 is 2.65 bits per heavy atom. The summed E-state index contributed by atoms with van der Waals surface area (Å²) in [6, 6.07) is 5.25. The normalized spacial score (nSPS) is 28.4. The van der Waals surface area contributed by atoms with Gasteiger partial charge in [0.05, 0.1) is 0 Å². The third-order valence-corrected chi connectivity index (χ3v) is 5.42. The minimum Gasteiger partial charge on any atom is -0.316 e. The first-order valence-electron chi connectivity index (χ1n) is 7.63. The molecule has 0 bridgehead atoms. The number of likely N-dealkylation sites (N-methyl/N-ethyl adjacent to an activating group) is 1. The van der Waals surface area contributed by atoms with Crippen molar-refractivity contribution in [2.45, 2.75) is 45.6 Å². The Balaban J connectivity index is 2.09. The molecule has 4 unspecified atom stereocenters. The van der Waals surface area contributed by atoms with Crippen LogP contribution in [-0.2, 0) is 6.42 Å². The highest BCUT2D eigenvalue weighted by molar-refractivity contribution is 6.31. The van der Waals surface area contributed by atoms with E-state index in [9.17, 15) is 4.39 Å². The molecular weight excluding hydrogens is 273 g/mol. The number of hydrogen-bond donors (Lipinski definition) is 1. The lowest BCUT2D eigenvalue weighted by molar-refractivity contribution is 0.173. The molecule has 1 nitrogen and oxygen atoms in total.